The maximum Gasteiger partial charge on any atom is 0.234 e. The summed E-state index contributed by atoms with van der Waals surface area (Å²) >= 11 is 0. The van der Waals surface area contributed by atoms with Gasteiger partial charge in [-0.3, -0.25) is 0 Å². The number of hydrogen-bond donors (Lipinski definition) is 0. The van der Waals surface area contributed by atoms with Gasteiger partial charge in [-0.15, -0.1) is 0 Å². The quantitative estimate of drug-likeness (QED) is 0.501. The van der Waals surface area contributed by atoms with Gasteiger partial charge in [0, 0.05) is 16.6 Å². The summed E-state index contributed by atoms with van der Waals surface area (Å²) in [6.07, 6.45) is 1.74. The zero-order valence-corrected chi connectivity index (χ0v) is 15.6. The van der Waals surface area contributed by atoms with Crippen LogP contribution in [0.3, 0.4) is 0 Å². The van der Waals surface area contributed by atoms with Gasteiger partial charge in [-0.25, -0.2) is 4.98 Å². The molecule has 0 amide bonds. The number of nitrogens with zero attached hydrogens (tertiary/aromatic N) is 3. The van der Waals surface area contributed by atoms with E-state index in [4.69, 9.17) is 9.72 Å². The monoisotopic (exact) mass is 365 g/mol. The Kier molecular flexibility index (Phi) is 4.99. The average Bonchev–Trinajstić information content (AvgIpc) is 2.77. The maximum absolute atomic E-state index is 9.73. The molecule has 2 heterocycles. The summed E-state index contributed by atoms with van der Waals surface area (Å²) in [7, 11) is 1.53. The van der Waals surface area contributed by atoms with Gasteiger partial charge in [-0.1, -0.05) is 60.7 Å². The van der Waals surface area contributed by atoms with Crippen molar-refractivity contribution >= 4 is 11.0 Å². The minimum atomic E-state index is 0.307. The molecule has 2 aromatic carbocycles. The van der Waals surface area contributed by atoms with Crippen LogP contribution in [0.4, 0.5) is 0 Å². The Balaban J connectivity index is 1.80. The highest BCUT2D eigenvalue weighted by atomic mass is 16.5. The smallest absolute Gasteiger partial charge is 0.234 e. The summed E-state index contributed by atoms with van der Waals surface area (Å²) in [6.45, 7) is 0. The molecule has 136 valence electrons. The highest BCUT2D eigenvalue weighted by Gasteiger charge is 2.18. The molecule has 0 aliphatic carbocycles. The number of methoxy groups -OCH3 is 1. The van der Waals surface area contributed by atoms with Crippen molar-refractivity contribution in [1.29, 1.82) is 5.26 Å². The summed E-state index contributed by atoms with van der Waals surface area (Å²) < 4.78 is 5.40. The minimum absolute atomic E-state index is 0.307. The first-order valence-electron chi connectivity index (χ1n) is 9.17. The van der Waals surface area contributed by atoms with Gasteiger partial charge in [0.25, 0.3) is 0 Å². The Bertz CT molecular complexity index is 1150. The molecule has 0 aliphatic rings. The molecule has 0 fully saturated rings. The SMILES string of the molecule is COc1nc2nc(CCc3ccccc3)ccc2c(-c2ccccc2)c1C#N. The topological polar surface area (TPSA) is 58.8 Å². The van der Waals surface area contributed by atoms with Crippen molar-refractivity contribution in [3.63, 3.8) is 0 Å². The van der Waals surface area contributed by atoms with Gasteiger partial charge >= 0.3 is 0 Å². The van der Waals surface area contributed by atoms with Crippen LogP contribution in [0.25, 0.3) is 22.2 Å². The van der Waals surface area contributed by atoms with Crippen molar-refractivity contribution in [2.75, 3.05) is 7.11 Å². The van der Waals surface area contributed by atoms with Gasteiger partial charge in [-0.05, 0) is 36.1 Å². The van der Waals surface area contributed by atoms with Crippen molar-refractivity contribution in [3.8, 4) is 23.1 Å². The number of pyridine rings is 2. The van der Waals surface area contributed by atoms with Gasteiger partial charge in [0.2, 0.25) is 5.88 Å². The third kappa shape index (κ3) is 3.43. The number of benzene rings is 2. The lowest BCUT2D eigenvalue weighted by molar-refractivity contribution is 0.398. The first kappa shape index (κ1) is 17.7. The fourth-order valence-corrected chi connectivity index (χ4v) is 3.37. The predicted octanol–water partition coefficient (Wildman–Crippen LogP) is 4.96. The van der Waals surface area contributed by atoms with E-state index in [9.17, 15) is 5.26 Å². The van der Waals surface area contributed by atoms with E-state index in [1.165, 1.54) is 12.7 Å². The molecular formula is C24H19N3O. The summed E-state index contributed by atoms with van der Waals surface area (Å²) in [5, 5.41) is 10.6. The minimum Gasteiger partial charge on any atom is -0.480 e. The highest BCUT2D eigenvalue weighted by Crippen LogP contribution is 2.35. The van der Waals surface area contributed by atoms with Crippen LogP contribution in [0.5, 0.6) is 5.88 Å². The molecule has 4 heteroatoms. The Hall–Kier alpha value is -3.71. The maximum atomic E-state index is 9.73. The molecular weight excluding hydrogens is 346 g/mol. The van der Waals surface area contributed by atoms with Gasteiger partial charge in [0.15, 0.2) is 5.65 Å². The van der Waals surface area contributed by atoms with E-state index in [0.717, 1.165) is 35.0 Å². The lowest BCUT2D eigenvalue weighted by Gasteiger charge is -2.12. The molecule has 0 aliphatic heterocycles. The molecule has 0 radical (unpaired) electrons. The zero-order valence-electron chi connectivity index (χ0n) is 15.6. The first-order valence-corrected chi connectivity index (χ1v) is 9.17. The molecule has 0 atom stereocenters. The van der Waals surface area contributed by atoms with Crippen LogP contribution in [0.1, 0.15) is 16.8 Å². The lowest BCUT2D eigenvalue weighted by atomic mass is 9.97. The van der Waals surface area contributed by atoms with E-state index >= 15 is 0 Å². The largest absolute Gasteiger partial charge is 0.480 e. The molecule has 0 saturated heterocycles. The predicted molar refractivity (Wildman–Crippen MR) is 110 cm³/mol. The molecule has 0 N–H and O–H groups in total. The molecule has 0 bridgehead atoms. The molecule has 2 aromatic heterocycles. The van der Waals surface area contributed by atoms with E-state index in [-0.39, 0.29) is 0 Å². The Morgan fingerprint density at radius 3 is 2.25 bits per heavy atom. The number of nitriles is 1. The number of ether oxygens (including phenoxy) is 1. The first-order chi connectivity index (χ1) is 13.8. The molecule has 0 saturated carbocycles. The Morgan fingerprint density at radius 2 is 1.57 bits per heavy atom. The zero-order chi connectivity index (χ0) is 19.3. The summed E-state index contributed by atoms with van der Waals surface area (Å²) in [6, 6.07) is 26.5. The second kappa shape index (κ2) is 7.89. The molecule has 0 spiro atoms. The number of fused-ring (bicyclic) bond motifs is 1. The molecule has 4 nitrogen and oxygen atoms in total. The van der Waals surface area contributed by atoms with Gasteiger partial charge in [-0.2, -0.15) is 10.2 Å². The van der Waals surface area contributed by atoms with E-state index < -0.39 is 0 Å². The number of aryl methyl sites for hydroxylation is 2. The third-order valence-corrected chi connectivity index (χ3v) is 4.75. The molecule has 4 aromatic rings. The van der Waals surface area contributed by atoms with Crippen LogP contribution in [0, 0.1) is 11.3 Å². The van der Waals surface area contributed by atoms with Crippen LogP contribution in [-0.4, -0.2) is 17.1 Å². The van der Waals surface area contributed by atoms with E-state index in [2.05, 4.69) is 23.2 Å². The fourth-order valence-electron chi connectivity index (χ4n) is 3.37. The molecule has 4 rings (SSSR count). The average molecular weight is 365 g/mol. The van der Waals surface area contributed by atoms with Crippen molar-refractivity contribution in [3.05, 3.63) is 89.6 Å². The van der Waals surface area contributed by atoms with Crippen molar-refractivity contribution < 1.29 is 4.74 Å². The second-order valence-electron chi connectivity index (χ2n) is 6.51. The van der Waals surface area contributed by atoms with E-state index in [0.29, 0.717) is 17.1 Å². The standard InChI is InChI=1S/C24H19N3O/c1-28-24-21(16-25)22(18-10-6-3-7-11-18)20-15-14-19(26-23(20)27-24)13-12-17-8-4-2-5-9-17/h2-11,14-15H,12-13H2,1H3. The molecule has 0 unspecified atom stereocenters. The van der Waals surface area contributed by atoms with Crippen LogP contribution in [-0.2, 0) is 12.8 Å². The van der Waals surface area contributed by atoms with E-state index in [1.54, 1.807) is 0 Å². The van der Waals surface area contributed by atoms with Gasteiger partial charge < -0.3 is 4.74 Å². The third-order valence-electron chi connectivity index (χ3n) is 4.75. The number of rotatable bonds is 5. The second-order valence-corrected chi connectivity index (χ2v) is 6.51. The van der Waals surface area contributed by atoms with Crippen LogP contribution >= 0.6 is 0 Å². The summed E-state index contributed by atoms with van der Waals surface area (Å²) in [5.41, 5.74) is 5.03. The van der Waals surface area contributed by atoms with Crippen LogP contribution in [0.2, 0.25) is 0 Å². The normalized spacial score (nSPS) is 10.6. The van der Waals surface area contributed by atoms with Crippen LogP contribution < -0.4 is 4.74 Å². The fraction of sp³-hybridized carbons (Fsp3) is 0.125. The summed E-state index contributed by atoms with van der Waals surface area (Å²) in [5.74, 6) is 0.307. The number of hydrogen-bond acceptors (Lipinski definition) is 4. The van der Waals surface area contributed by atoms with Crippen LogP contribution in [0.15, 0.2) is 72.8 Å². The van der Waals surface area contributed by atoms with Gasteiger partial charge in [0.05, 0.1) is 7.11 Å². The lowest BCUT2D eigenvalue weighted by Crippen LogP contribution is -2.01. The Labute approximate surface area is 164 Å². The Morgan fingerprint density at radius 1 is 0.857 bits per heavy atom. The van der Waals surface area contributed by atoms with Crippen molar-refractivity contribution in [2.24, 2.45) is 0 Å². The molecule has 28 heavy (non-hydrogen) atoms. The number of aromatic nitrogens is 2. The summed E-state index contributed by atoms with van der Waals surface area (Å²) in [4.78, 5) is 9.27. The van der Waals surface area contributed by atoms with Gasteiger partial charge in [0.1, 0.15) is 11.6 Å². The van der Waals surface area contributed by atoms with Crippen molar-refractivity contribution in [1.82, 2.24) is 9.97 Å². The van der Waals surface area contributed by atoms with Crippen molar-refractivity contribution in [2.45, 2.75) is 12.8 Å². The highest BCUT2D eigenvalue weighted by molar-refractivity contribution is 5.97. The van der Waals surface area contributed by atoms with E-state index in [1.807, 2.05) is 60.7 Å².